The Bertz CT molecular complexity index is 2390. The van der Waals surface area contributed by atoms with Crippen LogP contribution in [0, 0.1) is 30.1 Å². The highest BCUT2D eigenvalue weighted by atomic mass is 32.1. The third-order valence-electron chi connectivity index (χ3n) is 14.2. The van der Waals surface area contributed by atoms with Crippen LogP contribution in [0.15, 0.2) is 42.6 Å². The van der Waals surface area contributed by atoms with Crippen molar-refractivity contribution >= 4 is 50.1 Å². The molecule has 6 aliphatic rings. The quantitative estimate of drug-likeness (QED) is 0.134. The molecule has 5 fully saturated rings. The number of hydrogen-bond donors (Lipinski definition) is 2. The van der Waals surface area contributed by atoms with Gasteiger partial charge in [0.25, 0.3) is 0 Å². The van der Waals surface area contributed by atoms with Crippen molar-refractivity contribution < 1.29 is 14.6 Å². The fraction of sp³-hybridized carbons (Fsp3) is 0.556. The van der Waals surface area contributed by atoms with Gasteiger partial charge >= 0.3 is 5.97 Å². The van der Waals surface area contributed by atoms with E-state index in [0.717, 1.165) is 116 Å². The normalized spacial score (nSPS) is 28.1. The van der Waals surface area contributed by atoms with Crippen molar-refractivity contribution in [1.29, 1.82) is 0 Å². The molecule has 4 bridgehead atoms. The summed E-state index contributed by atoms with van der Waals surface area (Å²) in [4.78, 5) is 29.5. The van der Waals surface area contributed by atoms with Crippen LogP contribution in [0.1, 0.15) is 86.1 Å². The second-order valence-corrected chi connectivity index (χ2v) is 20.4. The van der Waals surface area contributed by atoms with Crippen molar-refractivity contribution in [3.63, 3.8) is 0 Å². The summed E-state index contributed by atoms with van der Waals surface area (Å²) in [6.07, 6.45) is 10.5. The zero-order chi connectivity index (χ0) is 40.7. The zero-order valence-electron chi connectivity index (χ0n) is 35.1. The van der Waals surface area contributed by atoms with E-state index in [-0.39, 0.29) is 27.5 Å². The molecule has 1 saturated heterocycles. The number of likely N-dealkylation sites (N-methyl/N-ethyl adjacent to an activating group) is 1. The molecule has 13 nitrogen and oxygen atoms in total. The summed E-state index contributed by atoms with van der Waals surface area (Å²) >= 11 is 1.58. The van der Waals surface area contributed by atoms with Crippen molar-refractivity contribution in [2.24, 2.45) is 16.2 Å². The maximum atomic E-state index is 13.0. The number of aromatic carboxylic acids is 1. The summed E-state index contributed by atoms with van der Waals surface area (Å²) in [6.45, 7) is 16.9. The van der Waals surface area contributed by atoms with Crippen LogP contribution in [0.25, 0.3) is 21.3 Å². The van der Waals surface area contributed by atoms with E-state index >= 15 is 0 Å². The minimum absolute atomic E-state index is 0.0126. The molecule has 4 saturated carbocycles. The first-order chi connectivity index (χ1) is 28.3. The van der Waals surface area contributed by atoms with E-state index in [4.69, 9.17) is 19.8 Å². The Morgan fingerprint density at radius 2 is 1.69 bits per heavy atom. The standard InChI is InChI=1S/C45H56N10O3S/c1-29-31-9-8-14-54(39(31)51-50-38(29)49-41-47-34-10-6-7-11-35(34)59-41)36-13-12-32(37(48-36)40(56)57)33-21-46-55(30(33)2)28-44-23-42(3)22-43(4,24-44)26-45(25-42,27-44)58-20-19-53-17-15-52(5)16-18-53/h6-7,10-13,21H,8-9,14-20,22-28H2,1-5H3,(H,56,57)(H,47,49,50). The van der Waals surface area contributed by atoms with E-state index in [0.29, 0.717) is 29.6 Å². The van der Waals surface area contributed by atoms with Gasteiger partial charge in [-0.2, -0.15) is 5.10 Å². The van der Waals surface area contributed by atoms with Crippen LogP contribution in [0.5, 0.6) is 0 Å². The van der Waals surface area contributed by atoms with Gasteiger partial charge in [-0.05, 0) is 113 Å². The number of fused-ring (bicyclic) bond motifs is 2. The van der Waals surface area contributed by atoms with Crippen molar-refractivity contribution in [3.8, 4) is 11.1 Å². The van der Waals surface area contributed by atoms with Crippen LogP contribution in [-0.2, 0) is 17.7 Å². The molecule has 2 aliphatic heterocycles. The van der Waals surface area contributed by atoms with Gasteiger partial charge in [0.1, 0.15) is 5.82 Å². The number of anilines is 4. The first-order valence-electron chi connectivity index (χ1n) is 21.4. The number of pyridine rings is 1. The van der Waals surface area contributed by atoms with Crippen LogP contribution >= 0.6 is 11.3 Å². The van der Waals surface area contributed by atoms with Gasteiger partial charge in [-0.15, -0.1) is 10.2 Å². The number of nitrogens with zero attached hydrogens (tertiary/aromatic N) is 9. The molecule has 2 atom stereocenters. The molecule has 0 radical (unpaired) electrons. The van der Waals surface area contributed by atoms with E-state index in [1.165, 1.54) is 19.3 Å². The second-order valence-electron chi connectivity index (χ2n) is 19.4. The number of benzene rings is 1. The number of hydrogen-bond acceptors (Lipinski definition) is 12. The number of carboxylic acid groups (broad SMARTS) is 1. The van der Waals surface area contributed by atoms with Gasteiger partial charge in [0.05, 0.1) is 28.6 Å². The molecule has 0 amide bonds. The molecule has 310 valence electrons. The molecule has 14 heteroatoms. The summed E-state index contributed by atoms with van der Waals surface area (Å²) in [5.74, 6) is 0.864. The molecule has 2 unspecified atom stereocenters. The van der Waals surface area contributed by atoms with Crippen molar-refractivity contribution in [2.45, 2.75) is 91.2 Å². The summed E-state index contributed by atoms with van der Waals surface area (Å²) in [6, 6.07) is 11.9. The Kier molecular flexibility index (Phi) is 9.39. The Hall–Kier alpha value is -4.50. The van der Waals surface area contributed by atoms with E-state index < -0.39 is 5.97 Å². The number of nitrogens with one attached hydrogen (secondary N) is 1. The van der Waals surface area contributed by atoms with E-state index in [1.807, 2.05) is 41.4 Å². The molecule has 0 spiro atoms. The molecule has 11 rings (SSSR count). The van der Waals surface area contributed by atoms with Crippen LogP contribution < -0.4 is 10.2 Å². The predicted octanol–water partition coefficient (Wildman–Crippen LogP) is 7.87. The summed E-state index contributed by atoms with van der Waals surface area (Å²) in [7, 11) is 2.21. The molecule has 4 aromatic heterocycles. The minimum Gasteiger partial charge on any atom is -0.476 e. The van der Waals surface area contributed by atoms with Gasteiger partial charge in [0.2, 0.25) is 0 Å². The Balaban J connectivity index is 0.890. The highest BCUT2D eigenvalue weighted by molar-refractivity contribution is 7.22. The van der Waals surface area contributed by atoms with Crippen LogP contribution in [0.4, 0.5) is 22.6 Å². The predicted molar refractivity (Wildman–Crippen MR) is 231 cm³/mol. The van der Waals surface area contributed by atoms with E-state index in [9.17, 15) is 9.90 Å². The Labute approximate surface area is 350 Å². The van der Waals surface area contributed by atoms with Gasteiger partial charge in [-0.3, -0.25) is 9.58 Å². The first-order valence-corrected chi connectivity index (χ1v) is 22.2. The van der Waals surface area contributed by atoms with E-state index in [1.54, 1.807) is 11.3 Å². The lowest BCUT2D eigenvalue weighted by molar-refractivity contribution is -0.249. The number of aromatic nitrogens is 6. The third-order valence-corrected chi connectivity index (χ3v) is 15.2. The molecular formula is C45H56N10O3S. The van der Waals surface area contributed by atoms with Gasteiger partial charge in [0, 0.05) is 73.8 Å². The summed E-state index contributed by atoms with van der Waals surface area (Å²) in [5, 5.41) is 29.0. The summed E-state index contributed by atoms with van der Waals surface area (Å²) < 4.78 is 10.3. The maximum absolute atomic E-state index is 13.0. The van der Waals surface area contributed by atoms with Gasteiger partial charge in [-0.1, -0.05) is 37.3 Å². The monoisotopic (exact) mass is 816 g/mol. The van der Waals surface area contributed by atoms with Crippen molar-refractivity contribution in [3.05, 3.63) is 65.1 Å². The number of ether oxygens (including phenoxy) is 1. The van der Waals surface area contributed by atoms with Gasteiger partial charge in [0.15, 0.2) is 22.5 Å². The van der Waals surface area contributed by atoms with Crippen LogP contribution in [0.2, 0.25) is 0 Å². The van der Waals surface area contributed by atoms with Crippen LogP contribution in [-0.4, -0.2) is 109 Å². The average Bonchev–Trinajstić information content (AvgIpc) is 3.76. The van der Waals surface area contributed by atoms with Gasteiger partial charge in [-0.25, -0.2) is 14.8 Å². The number of para-hydroxylation sites is 1. The fourth-order valence-corrected chi connectivity index (χ4v) is 13.6. The smallest absolute Gasteiger partial charge is 0.355 e. The molecule has 1 aromatic carbocycles. The minimum atomic E-state index is -1.07. The van der Waals surface area contributed by atoms with Gasteiger partial charge < -0.3 is 25.0 Å². The number of carboxylic acids is 1. The number of carbonyl (C=O) groups is 1. The third kappa shape index (κ3) is 7.09. The molecule has 5 aromatic rings. The lowest BCUT2D eigenvalue weighted by Crippen LogP contribution is -2.64. The van der Waals surface area contributed by atoms with E-state index in [2.05, 4.69) is 70.8 Å². The van der Waals surface area contributed by atoms with Crippen LogP contribution in [0.3, 0.4) is 0 Å². The topological polar surface area (TPSA) is 138 Å². The second kappa shape index (κ2) is 14.3. The Morgan fingerprint density at radius 3 is 2.46 bits per heavy atom. The highest BCUT2D eigenvalue weighted by Crippen LogP contribution is 2.72. The first kappa shape index (κ1) is 38.7. The molecular weight excluding hydrogens is 761 g/mol. The lowest BCUT2D eigenvalue weighted by atomic mass is 9.39. The zero-order valence-corrected chi connectivity index (χ0v) is 35.9. The van der Waals surface area contributed by atoms with Crippen molar-refractivity contribution in [2.75, 3.05) is 63.1 Å². The lowest BCUT2D eigenvalue weighted by Gasteiger charge is -2.69. The number of piperazine rings is 1. The maximum Gasteiger partial charge on any atom is 0.355 e. The Morgan fingerprint density at radius 1 is 0.915 bits per heavy atom. The molecule has 2 N–H and O–H groups in total. The fourth-order valence-electron chi connectivity index (χ4n) is 12.7. The molecule has 59 heavy (non-hydrogen) atoms. The SMILES string of the molecule is Cc1c(Nc2nc3ccccc3s2)nnc2c1CCCN2c1ccc(-c2cnn(CC34CC5(C)CC(C)(C3)CC(OCCN3CCN(C)CC3)(C5)C4)c2C)c(C(=O)O)n1. The number of rotatable bonds is 11. The molecule has 6 heterocycles. The van der Waals surface area contributed by atoms with Crippen molar-refractivity contribution in [1.82, 2.24) is 39.7 Å². The largest absolute Gasteiger partial charge is 0.476 e. The molecule has 4 aliphatic carbocycles. The summed E-state index contributed by atoms with van der Waals surface area (Å²) in [5.41, 5.74) is 5.83. The number of thiazole rings is 1. The average molecular weight is 817 g/mol. The highest BCUT2D eigenvalue weighted by Gasteiger charge is 2.66.